The number of nitrogens with one attached hydrogen (secondary N) is 2. The monoisotopic (exact) mass is 474 g/mol. The standard InChI is InChI=1S/C26H26N4O5/c31-22(13-14-29-25(34)18-5-1-2-6-19(18)26(29)35)27-17-11-9-16(10-12-17)24(33)30-15-23(32)28-20-7-3-4-8-21(20)30/h3-4,7-12,18-19H,1-2,5-6,13-15H2,(H,27,31)(H,28,32). The molecule has 2 N–H and O–H groups in total. The van der Waals surface area contributed by atoms with Gasteiger partial charge < -0.3 is 10.6 Å². The van der Waals surface area contributed by atoms with E-state index in [-0.39, 0.29) is 60.9 Å². The zero-order valence-electron chi connectivity index (χ0n) is 19.2. The molecular weight excluding hydrogens is 448 g/mol. The zero-order chi connectivity index (χ0) is 24.5. The second kappa shape index (κ2) is 9.32. The normalized spacial score (nSPS) is 21.3. The van der Waals surface area contributed by atoms with E-state index < -0.39 is 0 Å². The molecule has 2 fully saturated rings. The van der Waals surface area contributed by atoms with Crippen LogP contribution in [0.15, 0.2) is 48.5 Å². The van der Waals surface area contributed by atoms with Crippen molar-refractivity contribution in [3.05, 3.63) is 54.1 Å². The van der Waals surface area contributed by atoms with Crippen molar-refractivity contribution < 1.29 is 24.0 Å². The van der Waals surface area contributed by atoms with E-state index in [9.17, 15) is 24.0 Å². The summed E-state index contributed by atoms with van der Waals surface area (Å²) in [7, 11) is 0. The SMILES string of the molecule is O=C(CCN1C(=O)C2CCCCC2C1=O)Nc1ccc(C(=O)N2CC(=O)Nc3ccccc32)cc1. The largest absolute Gasteiger partial charge is 0.326 e. The Morgan fingerprint density at radius 2 is 1.57 bits per heavy atom. The molecule has 2 aromatic rings. The molecule has 2 unspecified atom stereocenters. The van der Waals surface area contributed by atoms with Gasteiger partial charge in [-0.05, 0) is 49.2 Å². The molecule has 0 bridgehead atoms. The summed E-state index contributed by atoms with van der Waals surface area (Å²) in [5.41, 5.74) is 2.08. The second-order valence-corrected chi connectivity index (χ2v) is 9.16. The highest BCUT2D eigenvalue weighted by Crippen LogP contribution is 2.38. The van der Waals surface area contributed by atoms with Crippen LogP contribution < -0.4 is 15.5 Å². The molecule has 5 amide bonds. The Morgan fingerprint density at radius 3 is 2.26 bits per heavy atom. The third kappa shape index (κ3) is 4.41. The summed E-state index contributed by atoms with van der Waals surface area (Å²) in [4.78, 5) is 65.3. The van der Waals surface area contributed by atoms with Gasteiger partial charge in [-0.25, -0.2) is 0 Å². The van der Waals surface area contributed by atoms with Gasteiger partial charge in [0.15, 0.2) is 0 Å². The van der Waals surface area contributed by atoms with E-state index in [1.165, 1.54) is 9.80 Å². The second-order valence-electron chi connectivity index (χ2n) is 9.16. The van der Waals surface area contributed by atoms with Crippen LogP contribution in [0.1, 0.15) is 42.5 Å². The fourth-order valence-electron chi connectivity index (χ4n) is 5.15. The summed E-state index contributed by atoms with van der Waals surface area (Å²) in [6, 6.07) is 13.5. The van der Waals surface area contributed by atoms with Gasteiger partial charge in [0.05, 0.1) is 23.2 Å². The van der Waals surface area contributed by atoms with Crippen LogP contribution >= 0.6 is 0 Å². The molecule has 3 aliphatic rings. The Labute approximate surface area is 202 Å². The number of rotatable bonds is 5. The Hall–Kier alpha value is -4.01. The Bertz CT molecular complexity index is 1180. The number of amides is 5. The van der Waals surface area contributed by atoms with Crippen molar-refractivity contribution in [2.24, 2.45) is 11.8 Å². The topological polar surface area (TPSA) is 116 Å². The Balaban J connectivity index is 1.19. The molecule has 1 saturated carbocycles. The van der Waals surface area contributed by atoms with Crippen molar-refractivity contribution in [2.75, 3.05) is 28.6 Å². The summed E-state index contributed by atoms with van der Waals surface area (Å²) in [5.74, 6) is -1.65. The molecule has 35 heavy (non-hydrogen) atoms. The fourth-order valence-corrected chi connectivity index (χ4v) is 5.15. The summed E-state index contributed by atoms with van der Waals surface area (Å²) in [6.45, 7) is -0.00646. The highest BCUT2D eigenvalue weighted by atomic mass is 16.2. The maximum Gasteiger partial charge on any atom is 0.258 e. The van der Waals surface area contributed by atoms with E-state index in [2.05, 4.69) is 10.6 Å². The van der Waals surface area contributed by atoms with Gasteiger partial charge in [0.25, 0.3) is 5.91 Å². The number of benzene rings is 2. The number of likely N-dealkylation sites (tertiary alicyclic amines) is 1. The molecule has 1 aliphatic carbocycles. The van der Waals surface area contributed by atoms with Gasteiger partial charge in [-0.15, -0.1) is 0 Å². The van der Waals surface area contributed by atoms with Crippen molar-refractivity contribution in [1.82, 2.24) is 4.90 Å². The van der Waals surface area contributed by atoms with Gasteiger partial charge in [-0.2, -0.15) is 0 Å². The van der Waals surface area contributed by atoms with E-state index >= 15 is 0 Å². The number of hydrogen-bond donors (Lipinski definition) is 2. The van der Waals surface area contributed by atoms with Crippen LogP contribution in [-0.2, 0) is 19.2 Å². The summed E-state index contributed by atoms with van der Waals surface area (Å²) < 4.78 is 0. The van der Waals surface area contributed by atoms with Gasteiger partial charge in [0.1, 0.15) is 6.54 Å². The molecule has 1 saturated heterocycles. The van der Waals surface area contributed by atoms with E-state index in [1.807, 2.05) is 0 Å². The van der Waals surface area contributed by atoms with Gasteiger partial charge in [-0.3, -0.25) is 33.8 Å². The Morgan fingerprint density at radius 1 is 0.914 bits per heavy atom. The van der Waals surface area contributed by atoms with Crippen molar-refractivity contribution in [3.63, 3.8) is 0 Å². The van der Waals surface area contributed by atoms with Crippen LogP contribution in [0, 0.1) is 11.8 Å². The first-order chi connectivity index (χ1) is 16.9. The number of carbonyl (C=O) groups excluding carboxylic acids is 5. The number of hydrogen-bond acceptors (Lipinski definition) is 5. The average molecular weight is 475 g/mol. The van der Waals surface area contributed by atoms with Crippen molar-refractivity contribution >= 4 is 46.6 Å². The number of imide groups is 1. The van der Waals surface area contributed by atoms with Crippen LogP contribution in [-0.4, -0.2) is 47.5 Å². The van der Waals surface area contributed by atoms with E-state index in [0.29, 0.717) is 22.6 Å². The number of para-hydroxylation sites is 2. The highest BCUT2D eigenvalue weighted by Gasteiger charge is 2.47. The van der Waals surface area contributed by atoms with Gasteiger partial charge >= 0.3 is 0 Å². The minimum absolute atomic E-state index is 0.0112. The van der Waals surface area contributed by atoms with Crippen LogP contribution in [0.25, 0.3) is 0 Å². The molecule has 0 radical (unpaired) electrons. The minimum Gasteiger partial charge on any atom is -0.326 e. The highest BCUT2D eigenvalue weighted by molar-refractivity contribution is 6.15. The fraction of sp³-hybridized carbons (Fsp3) is 0.346. The van der Waals surface area contributed by atoms with E-state index in [0.717, 1.165) is 25.7 Å². The average Bonchev–Trinajstić information content (AvgIpc) is 3.11. The molecule has 2 atom stereocenters. The lowest BCUT2D eigenvalue weighted by molar-refractivity contribution is -0.140. The first-order valence-corrected chi connectivity index (χ1v) is 11.9. The lowest BCUT2D eigenvalue weighted by atomic mass is 9.81. The third-order valence-electron chi connectivity index (χ3n) is 6.93. The van der Waals surface area contributed by atoms with Crippen molar-refractivity contribution in [3.8, 4) is 0 Å². The first kappa shape index (κ1) is 22.8. The van der Waals surface area contributed by atoms with Crippen LogP contribution in [0.3, 0.4) is 0 Å². The number of anilines is 3. The van der Waals surface area contributed by atoms with Gasteiger partial charge in [-0.1, -0.05) is 25.0 Å². The molecule has 9 heteroatoms. The van der Waals surface area contributed by atoms with Crippen LogP contribution in [0.4, 0.5) is 17.1 Å². The molecule has 0 aromatic heterocycles. The molecule has 0 spiro atoms. The summed E-state index contributed by atoms with van der Waals surface area (Å²) in [5, 5.41) is 5.50. The van der Waals surface area contributed by atoms with E-state index in [1.54, 1.807) is 48.5 Å². The predicted molar refractivity (Wildman–Crippen MR) is 129 cm³/mol. The maximum atomic E-state index is 13.0. The Kier molecular flexibility index (Phi) is 6.07. The predicted octanol–water partition coefficient (Wildman–Crippen LogP) is 2.79. The van der Waals surface area contributed by atoms with E-state index in [4.69, 9.17) is 0 Å². The zero-order valence-corrected chi connectivity index (χ0v) is 19.2. The molecule has 5 rings (SSSR count). The lowest BCUT2D eigenvalue weighted by Crippen LogP contribution is -2.42. The lowest BCUT2D eigenvalue weighted by Gasteiger charge is -2.29. The van der Waals surface area contributed by atoms with Gasteiger partial charge in [0.2, 0.25) is 23.6 Å². The number of carbonyl (C=O) groups is 5. The smallest absolute Gasteiger partial charge is 0.258 e. The number of nitrogens with zero attached hydrogens (tertiary/aromatic N) is 2. The quantitative estimate of drug-likeness (QED) is 0.647. The minimum atomic E-state index is -0.322. The molecular formula is C26H26N4O5. The molecule has 9 nitrogen and oxygen atoms in total. The van der Waals surface area contributed by atoms with Gasteiger partial charge in [0, 0.05) is 24.2 Å². The van der Waals surface area contributed by atoms with Crippen LogP contribution in [0.2, 0.25) is 0 Å². The first-order valence-electron chi connectivity index (χ1n) is 11.9. The van der Waals surface area contributed by atoms with Crippen molar-refractivity contribution in [2.45, 2.75) is 32.1 Å². The molecule has 2 heterocycles. The maximum absolute atomic E-state index is 13.0. The van der Waals surface area contributed by atoms with Crippen molar-refractivity contribution in [1.29, 1.82) is 0 Å². The third-order valence-corrected chi connectivity index (χ3v) is 6.93. The molecule has 2 aliphatic heterocycles. The molecule has 180 valence electrons. The summed E-state index contributed by atoms with van der Waals surface area (Å²) in [6.07, 6.45) is 3.43. The summed E-state index contributed by atoms with van der Waals surface area (Å²) >= 11 is 0. The number of fused-ring (bicyclic) bond motifs is 2. The molecule has 2 aromatic carbocycles. The van der Waals surface area contributed by atoms with Crippen LogP contribution in [0.5, 0.6) is 0 Å².